The fourth-order valence-corrected chi connectivity index (χ4v) is 2.40. The Bertz CT molecular complexity index is 393. The normalized spacial score (nSPS) is 23.8. The summed E-state index contributed by atoms with van der Waals surface area (Å²) in [6.07, 6.45) is 0.923. The van der Waals surface area contributed by atoms with E-state index in [4.69, 9.17) is 15.2 Å². The molecule has 1 heterocycles. The molecule has 0 amide bonds. The SMILES string of the molecule is COc1cccc2c1C(N)C(N(C)C)CCO2. The molecule has 17 heavy (non-hydrogen) atoms. The Morgan fingerprint density at radius 3 is 2.82 bits per heavy atom. The van der Waals surface area contributed by atoms with E-state index in [1.165, 1.54) is 0 Å². The molecule has 0 spiro atoms. The summed E-state index contributed by atoms with van der Waals surface area (Å²) in [6, 6.07) is 6.00. The van der Waals surface area contributed by atoms with Gasteiger partial charge in [-0.05, 0) is 32.6 Å². The number of likely N-dealkylation sites (N-methyl/N-ethyl adjacent to an activating group) is 1. The van der Waals surface area contributed by atoms with Crippen molar-refractivity contribution in [3.8, 4) is 11.5 Å². The van der Waals surface area contributed by atoms with Gasteiger partial charge in [0.15, 0.2) is 0 Å². The van der Waals surface area contributed by atoms with Crippen molar-refractivity contribution in [1.29, 1.82) is 0 Å². The third-order valence-corrected chi connectivity index (χ3v) is 3.33. The number of hydrogen-bond donors (Lipinski definition) is 1. The van der Waals surface area contributed by atoms with Gasteiger partial charge < -0.3 is 20.1 Å². The smallest absolute Gasteiger partial charge is 0.127 e. The molecular formula is C13H20N2O2. The van der Waals surface area contributed by atoms with Crippen LogP contribution in [0, 0.1) is 0 Å². The molecule has 1 aromatic rings. The van der Waals surface area contributed by atoms with E-state index in [0.717, 1.165) is 23.5 Å². The van der Waals surface area contributed by atoms with Crippen LogP contribution in [0.5, 0.6) is 11.5 Å². The first-order valence-electron chi connectivity index (χ1n) is 5.87. The second kappa shape index (κ2) is 4.94. The first-order chi connectivity index (χ1) is 8.15. The van der Waals surface area contributed by atoms with Crippen molar-refractivity contribution >= 4 is 0 Å². The lowest BCUT2D eigenvalue weighted by Crippen LogP contribution is -2.38. The molecule has 0 radical (unpaired) electrons. The van der Waals surface area contributed by atoms with Gasteiger partial charge in [-0.1, -0.05) is 6.07 Å². The highest BCUT2D eigenvalue weighted by Crippen LogP contribution is 2.38. The van der Waals surface area contributed by atoms with Crippen molar-refractivity contribution in [2.75, 3.05) is 27.8 Å². The Balaban J connectivity index is 2.45. The van der Waals surface area contributed by atoms with Gasteiger partial charge in [-0.2, -0.15) is 0 Å². The van der Waals surface area contributed by atoms with E-state index in [1.807, 2.05) is 32.3 Å². The van der Waals surface area contributed by atoms with Crippen molar-refractivity contribution in [2.24, 2.45) is 5.73 Å². The Labute approximate surface area is 102 Å². The average Bonchev–Trinajstić information content (AvgIpc) is 2.48. The van der Waals surface area contributed by atoms with E-state index in [2.05, 4.69) is 4.90 Å². The van der Waals surface area contributed by atoms with Crippen LogP contribution in [0.25, 0.3) is 0 Å². The summed E-state index contributed by atoms with van der Waals surface area (Å²) in [5.74, 6) is 1.66. The van der Waals surface area contributed by atoms with Crippen LogP contribution in [-0.4, -0.2) is 38.8 Å². The predicted molar refractivity (Wildman–Crippen MR) is 67.5 cm³/mol. The highest BCUT2D eigenvalue weighted by Gasteiger charge is 2.29. The highest BCUT2D eigenvalue weighted by molar-refractivity contribution is 5.48. The minimum Gasteiger partial charge on any atom is -0.496 e. The Morgan fingerprint density at radius 2 is 2.18 bits per heavy atom. The molecule has 1 aromatic carbocycles. The largest absolute Gasteiger partial charge is 0.496 e. The average molecular weight is 236 g/mol. The second-order valence-corrected chi connectivity index (χ2v) is 4.57. The number of hydrogen-bond acceptors (Lipinski definition) is 4. The number of fused-ring (bicyclic) bond motifs is 1. The van der Waals surface area contributed by atoms with Crippen LogP contribution in [0.2, 0.25) is 0 Å². The third kappa shape index (κ3) is 2.23. The zero-order valence-electron chi connectivity index (χ0n) is 10.6. The van der Waals surface area contributed by atoms with Gasteiger partial charge >= 0.3 is 0 Å². The summed E-state index contributed by atoms with van der Waals surface area (Å²) in [6.45, 7) is 0.691. The summed E-state index contributed by atoms with van der Waals surface area (Å²) >= 11 is 0. The molecule has 94 valence electrons. The van der Waals surface area contributed by atoms with Crippen LogP contribution in [0.3, 0.4) is 0 Å². The molecule has 0 bridgehead atoms. The number of rotatable bonds is 2. The van der Waals surface area contributed by atoms with Gasteiger partial charge in [0.2, 0.25) is 0 Å². The van der Waals surface area contributed by atoms with E-state index < -0.39 is 0 Å². The van der Waals surface area contributed by atoms with Crippen molar-refractivity contribution in [2.45, 2.75) is 18.5 Å². The minimum absolute atomic E-state index is 0.0846. The van der Waals surface area contributed by atoms with E-state index in [0.29, 0.717) is 6.61 Å². The fourth-order valence-electron chi connectivity index (χ4n) is 2.40. The number of nitrogens with zero attached hydrogens (tertiary/aromatic N) is 1. The van der Waals surface area contributed by atoms with E-state index in [1.54, 1.807) is 7.11 Å². The molecule has 2 atom stereocenters. The van der Waals surface area contributed by atoms with E-state index >= 15 is 0 Å². The maximum atomic E-state index is 6.37. The second-order valence-electron chi connectivity index (χ2n) is 4.57. The maximum Gasteiger partial charge on any atom is 0.127 e. The summed E-state index contributed by atoms with van der Waals surface area (Å²) in [7, 11) is 5.76. The molecule has 4 nitrogen and oxygen atoms in total. The van der Waals surface area contributed by atoms with Crippen molar-refractivity contribution < 1.29 is 9.47 Å². The molecule has 1 aliphatic heterocycles. The predicted octanol–water partition coefficient (Wildman–Crippen LogP) is 1.41. The highest BCUT2D eigenvalue weighted by atomic mass is 16.5. The van der Waals surface area contributed by atoms with Gasteiger partial charge in [0.05, 0.1) is 25.3 Å². The molecule has 1 aliphatic rings. The van der Waals surface area contributed by atoms with Gasteiger partial charge in [0, 0.05) is 6.04 Å². The molecule has 0 aliphatic carbocycles. The molecular weight excluding hydrogens is 216 g/mol. The van der Waals surface area contributed by atoms with Crippen molar-refractivity contribution in [3.63, 3.8) is 0 Å². The Morgan fingerprint density at radius 1 is 1.41 bits per heavy atom. The Kier molecular flexibility index (Phi) is 3.54. The van der Waals surface area contributed by atoms with Crippen LogP contribution in [-0.2, 0) is 0 Å². The van der Waals surface area contributed by atoms with Crippen LogP contribution >= 0.6 is 0 Å². The van der Waals surface area contributed by atoms with Crippen LogP contribution < -0.4 is 15.2 Å². The Hall–Kier alpha value is -1.26. The molecule has 2 unspecified atom stereocenters. The summed E-state index contributed by atoms with van der Waals surface area (Å²) in [5.41, 5.74) is 7.34. The van der Waals surface area contributed by atoms with Gasteiger partial charge in [0.25, 0.3) is 0 Å². The lowest BCUT2D eigenvalue weighted by Gasteiger charge is -2.28. The summed E-state index contributed by atoms with van der Waals surface area (Å²) < 4.78 is 11.1. The monoisotopic (exact) mass is 236 g/mol. The topological polar surface area (TPSA) is 47.7 Å². The van der Waals surface area contributed by atoms with E-state index in [-0.39, 0.29) is 12.1 Å². The number of methoxy groups -OCH3 is 1. The van der Waals surface area contributed by atoms with Gasteiger partial charge in [-0.3, -0.25) is 0 Å². The maximum absolute atomic E-state index is 6.37. The number of nitrogens with two attached hydrogens (primary N) is 1. The van der Waals surface area contributed by atoms with Crippen molar-refractivity contribution in [3.05, 3.63) is 23.8 Å². The fraction of sp³-hybridized carbons (Fsp3) is 0.538. The molecule has 0 aromatic heterocycles. The number of benzene rings is 1. The van der Waals surface area contributed by atoms with Gasteiger partial charge in [-0.15, -0.1) is 0 Å². The molecule has 4 heteroatoms. The molecule has 0 fully saturated rings. The van der Waals surface area contributed by atoms with Crippen LogP contribution in [0.15, 0.2) is 18.2 Å². The lowest BCUT2D eigenvalue weighted by molar-refractivity contribution is 0.216. The van der Waals surface area contributed by atoms with E-state index in [9.17, 15) is 0 Å². The van der Waals surface area contributed by atoms with Gasteiger partial charge in [-0.25, -0.2) is 0 Å². The number of ether oxygens (including phenoxy) is 2. The van der Waals surface area contributed by atoms with Crippen LogP contribution in [0.4, 0.5) is 0 Å². The molecule has 2 N–H and O–H groups in total. The molecule has 0 saturated carbocycles. The van der Waals surface area contributed by atoms with Gasteiger partial charge in [0.1, 0.15) is 11.5 Å². The lowest BCUT2D eigenvalue weighted by atomic mass is 9.96. The van der Waals surface area contributed by atoms with Crippen LogP contribution in [0.1, 0.15) is 18.0 Å². The first-order valence-corrected chi connectivity index (χ1v) is 5.87. The zero-order chi connectivity index (χ0) is 12.4. The minimum atomic E-state index is -0.0846. The zero-order valence-corrected chi connectivity index (χ0v) is 10.6. The quantitative estimate of drug-likeness (QED) is 0.843. The summed E-state index contributed by atoms with van der Waals surface area (Å²) in [5, 5.41) is 0. The first kappa shape index (κ1) is 12.2. The molecule has 2 rings (SSSR count). The standard InChI is InChI=1S/C13H20N2O2/c1-15(2)9-7-8-17-11-6-4-5-10(16-3)12(11)13(9)14/h4-6,9,13H,7-8,14H2,1-3H3. The molecule has 0 saturated heterocycles. The third-order valence-electron chi connectivity index (χ3n) is 3.33. The summed E-state index contributed by atoms with van der Waals surface area (Å²) in [4.78, 5) is 2.15. The van der Waals surface area contributed by atoms with Crippen molar-refractivity contribution in [1.82, 2.24) is 4.90 Å².